The monoisotopic (exact) mass is 227 g/mol. The summed E-state index contributed by atoms with van der Waals surface area (Å²) in [6.45, 7) is 0. The van der Waals surface area contributed by atoms with Crippen LogP contribution in [0.2, 0.25) is 5.02 Å². The molecule has 1 rings (SSSR count). The number of hydrogen-bond acceptors (Lipinski definition) is 1. The fourth-order valence-corrected chi connectivity index (χ4v) is 1.64. The van der Waals surface area contributed by atoms with Gasteiger partial charge >= 0.3 is 4.71 Å². The van der Waals surface area contributed by atoms with Crippen molar-refractivity contribution in [1.82, 2.24) is 0 Å². The molecular formula is C7H3Cl2F2S. The lowest BCUT2D eigenvalue weighted by Gasteiger charge is -2.07. The first kappa shape index (κ1) is 10.1. The molecular weight excluding hydrogens is 225 g/mol. The quantitative estimate of drug-likeness (QED) is 0.544. The molecule has 0 bridgehead atoms. The largest absolute Gasteiger partial charge is 0.375 e. The molecule has 65 valence electrons. The van der Waals surface area contributed by atoms with Gasteiger partial charge in [0.1, 0.15) is 0 Å². The molecule has 0 aliphatic carbocycles. The second-order valence-electron chi connectivity index (χ2n) is 1.90. The van der Waals surface area contributed by atoms with Gasteiger partial charge in [0.05, 0.1) is 5.02 Å². The molecule has 1 radical (unpaired) electrons. The molecule has 1 aromatic carbocycles. The molecule has 0 aliphatic rings. The van der Waals surface area contributed by atoms with Crippen LogP contribution in [0.15, 0.2) is 23.1 Å². The highest BCUT2D eigenvalue weighted by Gasteiger charge is 2.27. The zero-order valence-corrected chi connectivity index (χ0v) is 7.98. The second kappa shape index (κ2) is 3.81. The van der Waals surface area contributed by atoms with Gasteiger partial charge in [-0.3, -0.25) is 0 Å². The maximum Gasteiger partial charge on any atom is 0.375 e. The molecule has 5 heteroatoms. The van der Waals surface area contributed by atoms with Gasteiger partial charge in [-0.2, -0.15) is 8.78 Å². The number of rotatable bonds is 2. The van der Waals surface area contributed by atoms with Crippen LogP contribution in [-0.4, -0.2) is 4.71 Å². The average molecular weight is 228 g/mol. The molecule has 0 fully saturated rings. The van der Waals surface area contributed by atoms with Crippen molar-refractivity contribution < 1.29 is 8.78 Å². The first-order valence-electron chi connectivity index (χ1n) is 2.90. The van der Waals surface area contributed by atoms with Crippen LogP contribution in [-0.2, 0) is 0 Å². The van der Waals surface area contributed by atoms with E-state index < -0.39 is 4.71 Å². The summed E-state index contributed by atoms with van der Waals surface area (Å²) in [5, 5.41) is 0.225. The third-order valence-corrected chi connectivity index (χ3v) is 2.47. The van der Waals surface area contributed by atoms with E-state index in [1.165, 1.54) is 18.2 Å². The summed E-state index contributed by atoms with van der Waals surface area (Å²) >= 11 is 10.5. The van der Waals surface area contributed by atoms with Crippen molar-refractivity contribution in [2.45, 2.75) is 9.61 Å². The van der Waals surface area contributed by atoms with Gasteiger partial charge in [0.25, 0.3) is 0 Å². The Morgan fingerprint density at radius 1 is 1.50 bits per heavy atom. The molecule has 0 aromatic heterocycles. The van der Waals surface area contributed by atoms with Crippen LogP contribution in [0.4, 0.5) is 8.78 Å². The summed E-state index contributed by atoms with van der Waals surface area (Å²) in [5.41, 5.74) is 0. The molecule has 0 saturated heterocycles. The topological polar surface area (TPSA) is 0 Å². The summed E-state index contributed by atoms with van der Waals surface area (Å²) in [7, 11) is 0. The summed E-state index contributed by atoms with van der Waals surface area (Å²) in [6, 6.07) is 6.99. The molecule has 0 aliphatic heterocycles. The van der Waals surface area contributed by atoms with E-state index in [2.05, 4.69) is 6.07 Å². The molecule has 0 N–H and O–H groups in total. The van der Waals surface area contributed by atoms with Crippen LogP contribution >= 0.6 is 35.0 Å². The van der Waals surface area contributed by atoms with Crippen molar-refractivity contribution in [3.8, 4) is 0 Å². The third-order valence-electron chi connectivity index (χ3n) is 1.00. The predicted molar refractivity (Wildman–Crippen MR) is 46.9 cm³/mol. The second-order valence-corrected chi connectivity index (χ2v) is 4.17. The Hall–Kier alpha value is 0.01000. The van der Waals surface area contributed by atoms with Gasteiger partial charge < -0.3 is 0 Å². The highest BCUT2D eigenvalue weighted by molar-refractivity contribution is 8.01. The lowest BCUT2D eigenvalue weighted by atomic mass is 10.4. The third kappa shape index (κ3) is 3.17. The minimum absolute atomic E-state index is 0.208. The molecule has 0 amide bonds. The average Bonchev–Trinajstić information content (AvgIpc) is 1.91. The Bertz CT molecular complexity index is 272. The highest BCUT2D eigenvalue weighted by Crippen LogP contribution is 2.41. The first-order chi connectivity index (χ1) is 5.49. The minimum atomic E-state index is -3.31. The van der Waals surface area contributed by atoms with Crippen molar-refractivity contribution in [2.75, 3.05) is 0 Å². The van der Waals surface area contributed by atoms with E-state index in [4.69, 9.17) is 23.2 Å². The van der Waals surface area contributed by atoms with Gasteiger partial charge in [0, 0.05) is 4.90 Å². The normalized spacial score (nSPS) is 11.7. The zero-order valence-electron chi connectivity index (χ0n) is 5.65. The standard InChI is InChI=1S/C7H3Cl2F2S/c8-5-3-1-2-4-6(5)12-7(9,10)11/h2-4H. The van der Waals surface area contributed by atoms with Crippen LogP contribution in [0.25, 0.3) is 0 Å². The smallest absolute Gasteiger partial charge is 0.177 e. The first-order valence-corrected chi connectivity index (χ1v) is 4.47. The van der Waals surface area contributed by atoms with Gasteiger partial charge in [-0.1, -0.05) is 17.7 Å². The Morgan fingerprint density at radius 2 is 2.17 bits per heavy atom. The Kier molecular flexibility index (Phi) is 3.21. The summed E-state index contributed by atoms with van der Waals surface area (Å²) in [4.78, 5) is 0.246. The van der Waals surface area contributed by atoms with Crippen molar-refractivity contribution in [1.29, 1.82) is 0 Å². The summed E-state index contributed by atoms with van der Waals surface area (Å²) in [6.07, 6.45) is 0. The molecule has 0 unspecified atom stereocenters. The van der Waals surface area contributed by atoms with E-state index in [0.29, 0.717) is 0 Å². The molecule has 0 heterocycles. The van der Waals surface area contributed by atoms with Crippen LogP contribution < -0.4 is 0 Å². The number of benzene rings is 1. The van der Waals surface area contributed by atoms with Gasteiger partial charge in [0.15, 0.2) is 0 Å². The maximum absolute atomic E-state index is 12.2. The van der Waals surface area contributed by atoms with Crippen molar-refractivity contribution in [2.24, 2.45) is 0 Å². The summed E-state index contributed by atoms with van der Waals surface area (Å²) in [5.74, 6) is 0. The molecule has 0 nitrogen and oxygen atoms in total. The summed E-state index contributed by atoms with van der Waals surface area (Å²) < 4.78 is 21.2. The molecule has 0 atom stereocenters. The predicted octanol–water partition coefficient (Wildman–Crippen LogP) is 4.02. The number of halogens is 4. The minimum Gasteiger partial charge on any atom is -0.177 e. The van der Waals surface area contributed by atoms with Crippen LogP contribution in [0, 0.1) is 6.07 Å². The van der Waals surface area contributed by atoms with Gasteiger partial charge in [-0.25, -0.2) is 0 Å². The Balaban J connectivity index is 2.83. The molecule has 12 heavy (non-hydrogen) atoms. The van der Waals surface area contributed by atoms with E-state index in [1.807, 2.05) is 0 Å². The van der Waals surface area contributed by atoms with Crippen LogP contribution in [0.1, 0.15) is 0 Å². The number of hydrogen-bond donors (Lipinski definition) is 0. The van der Waals surface area contributed by atoms with E-state index >= 15 is 0 Å². The van der Waals surface area contributed by atoms with Crippen molar-refractivity contribution in [3.05, 3.63) is 29.3 Å². The maximum atomic E-state index is 12.2. The highest BCUT2D eigenvalue weighted by atomic mass is 35.5. The fraction of sp³-hybridized carbons (Fsp3) is 0.143. The van der Waals surface area contributed by atoms with E-state index in [1.54, 1.807) is 0 Å². The number of thioether (sulfide) groups is 1. The van der Waals surface area contributed by atoms with Gasteiger partial charge in [-0.15, -0.1) is 0 Å². The van der Waals surface area contributed by atoms with Crippen LogP contribution in [0.5, 0.6) is 0 Å². The van der Waals surface area contributed by atoms with Crippen molar-refractivity contribution >= 4 is 35.0 Å². The molecule has 0 spiro atoms. The molecule has 1 aromatic rings. The lowest BCUT2D eigenvalue weighted by Crippen LogP contribution is -1.96. The Morgan fingerprint density at radius 3 is 2.67 bits per heavy atom. The van der Waals surface area contributed by atoms with Crippen LogP contribution in [0.3, 0.4) is 0 Å². The van der Waals surface area contributed by atoms with Crippen molar-refractivity contribution in [3.63, 3.8) is 0 Å². The zero-order chi connectivity index (χ0) is 9.19. The fourth-order valence-electron chi connectivity index (χ4n) is 0.603. The molecule has 0 saturated carbocycles. The van der Waals surface area contributed by atoms with E-state index in [-0.39, 0.29) is 21.7 Å². The van der Waals surface area contributed by atoms with E-state index in [0.717, 1.165) is 0 Å². The van der Waals surface area contributed by atoms with Gasteiger partial charge in [0.2, 0.25) is 0 Å². The lowest BCUT2D eigenvalue weighted by molar-refractivity contribution is 0.203. The van der Waals surface area contributed by atoms with Gasteiger partial charge in [-0.05, 0) is 41.6 Å². The van der Waals surface area contributed by atoms with E-state index in [9.17, 15) is 8.78 Å². The SMILES string of the molecule is FC(F)(Cl)Sc1cc[c]cc1Cl. The number of alkyl halides is 3. The Labute approximate surface area is 82.9 Å².